The third-order valence-electron chi connectivity index (χ3n) is 5.87. The molecule has 2 aromatic heterocycles. The minimum atomic E-state index is -0.477. The summed E-state index contributed by atoms with van der Waals surface area (Å²) < 4.78 is 0. The maximum Gasteiger partial charge on any atom is 0.190 e. The minimum Gasteiger partial charge on any atom is -0.357 e. The normalized spacial score (nSPS) is 21.5. The van der Waals surface area contributed by atoms with Crippen LogP contribution < -0.4 is 15.3 Å². The zero-order valence-electron chi connectivity index (χ0n) is 16.0. The molecule has 1 N–H and O–H groups in total. The van der Waals surface area contributed by atoms with Crippen LogP contribution in [0.3, 0.4) is 0 Å². The average molecular weight is 378 g/mol. The molecule has 5 rings (SSSR count). The standard InChI is InChI=1S/C21H26N6O/c1-4-12-26(13-5-1)19-16-17(7-11-23-19)20-24-21(28-25-20)8-14-27(15-9-21)18-6-2-3-10-22-18/h2-3,6-7,10-11,16H,1,4-5,8-9,12-15H2,(H,24,25). The van der Waals surface area contributed by atoms with Crippen molar-refractivity contribution in [3.8, 4) is 0 Å². The second-order valence-corrected chi connectivity index (χ2v) is 7.74. The Kier molecular flexibility index (Phi) is 4.60. The number of amidine groups is 1. The Morgan fingerprint density at radius 2 is 1.64 bits per heavy atom. The van der Waals surface area contributed by atoms with Gasteiger partial charge in [-0.1, -0.05) is 6.07 Å². The summed E-state index contributed by atoms with van der Waals surface area (Å²) in [7, 11) is 0. The first kappa shape index (κ1) is 17.4. The van der Waals surface area contributed by atoms with E-state index in [1.807, 2.05) is 30.6 Å². The molecule has 2 saturated heterocycles. The molecule has 0 aliphatic carbocycles. The molecule has 2 aromatic rings. The lowest BCUT2D eigenvalue weighted by Crippen LogP contribution is -2.44. The lowest BCUT2D eigenvalue weighted by Gasteiger charge is -2.36. The van der Waals surface area contributed by atoms with E-state index in [9.17, 15) is 0 Å². The van der Waals surface area contributed by atoms with E-state index in [1.165, 1.54) is 19.3 Å². The lowest BCUT2D eigenvalue weighted by molar-refractivity contribution is -0.0687. The largest absolute Gasteiger partial charge is 0.357 e. The SMILES string of the molecule is c1ccc(N2CCC3(CC2)N=C(c2ccnc(N4CCCCC4)c2)NO3)nc1. The number of aliphatic imine (C=N–C) groups is 1. The molecule has 0 unspecified atom stereocenters. The highest BCUT2D eigenvalue weighted by atomic mass is 16.7. The van der Waals surface area contributed by atoms with Crippen LogP contribution in [0.1, 0.15) is 37.7 Å². The van der Waals surface area contributed by atoms with Gasteiger partial charge in [0.15, 0.2) is 11.6 Å². The van der Waals surface area contributed by atoms with E-state index in [0.29, 0.717) is 0 Å². The van der Waals surface area contributed by atoms with Crippen LogP contribution in [0.5, 0.6) is 0 Å². The number of nitrogens with zero attached hydrogens (tertiary/aromatic N) is 5. The topological polar surface area (TPSA) is 65.9 Å². The molecule has 28 heavy (non-hydrogen) atoms. The summed E-state index contributed by atoms with van der Waals surface area (Å²) in [6.45, 7) is 3.93. The van der Waals surface area contributed by atoms with E-state index in [2.05, 4.69) is 37.4 Å². The van der Waals surface area contributed by atoms with E-state index in [-0.39, 0.29) is 0 Å². The fraction of sp³-hybridized carbons (Fsp3) is 0.476. The number of aromatic nitrogens is 2. The summed E-state index contributed by atoms with van der Waals surface area (Å²) in [5.41, 5.74) is 3.65. The van der Waals surface area contributed by atoms with Crippen molar-refractivity contribution in [2.75, 3.05) is 36.0 Å². The lowest BCUT2D eigenvalue weighted by atomic mass is 10.0. The van der Waals surface area contributed by atoms with E-state index >= 15 is 0 Å². The van der Waals surface area contributed by atoms with Gasteiger partial charge in [-0.2, -0.15) is 0 Å². The third-order valence-corrected chi connectivity index (χ3v) is 5.87. The van der Waals surface area contributed by atoms with Crippen LogP contribution in [0.4, 0.5) is 11.6 Å². The fourth-order valence-corrected chi connectivity index (χ4v) is 4.22. The number of rotatable bonds is 3. The van der Waals surface area contributed by atoms with Crippen LogP contribution in [-0.2, 0) is 4.84 Å². The van der Waals surface area contributed by atoms with Crippen molar-refractivity contribution in [2.24, 2.45) is 4.99 Å². The molecule has 0 amide bonds. The van der Waals surface area contributed by atoms with Gasteiger partial charge in [0.05, 0.1) is 0 Å². The van der Waals surface area contributed by atoms with E-state index in [4.69, 9.17) is 9.83 Å². The van der Waals surface area contributed by atoms with Gasteiger partial charge in [0.1, 0.15) is 11.6 Å². The van der Waals surface area contributed by atoms with Gasteiger partial charge in [0, 0.05) is 57.0 Å². The Hall–Kier alpha value is -2.67. The van der Waals surface area contributed by atoms with Crippen LogP contribution in [0, 0.1) is 0 Å². The van der Waals surface area contributed by atoms with Gasteiger partial charge in [0.25, 0.3) is 0 Å². The van der Waals surface area contributed by atoms with Gasteiger partial charge in [-0.15, -0.1) is 0 Å². The van der Waals surface area contributed by atoms with Crippen LogP contribution in [0.2, 0.25) is 0 Å². The monoisotopic (exact) mass is 378 g/mol. The quantitative estimate of drug-likeness (QED) is 0.886. The summed E-state index contributed by atoms with van der Waals surface area (Å²) in [6.07, 6.45) is 9.18. The summed E-state index contributed by atoms with van der Waals surface area (Å²) in [4.78, 5) is 24.6. The Labute approximate surface area is 165 Å². The molecule has 7 heteroatoms. The Morgan fingerprint density at radius 1 is 0.857 bits per heavy atom. The maximum absolute atomic E-state index is 5.98. The van der Waals surface area contributed by atoms with Gasteiger partial charge in [-0.3, -0.25) is 0 Å². The Balaban J connectivity index is 1.30. The van der Waals surface area contributed by atoms with Gasteiger partial charge in [-0.05, 0) is 43.5 Å². The van der Waals surface area contributed by atoms with Gasteiger partial charge >= 0.3 is 0 Å². The van der Waals surface area contributed by atoms with E-state index in [1.54, 1.807) is 0 Å². The predicted molar refractivity (Wildman–Crippen MR) is 109 cm³/mol. The Morgan fingerprint density at radius 3 is 2.43 bits per heavy atom. The molecular formula is C21H26N6O. The molecule has 146 valence electrons. The molecule has 0 saturated carbocycles. The number of hydrogen-bond donors (Lipinski definition) is 1. The first-order chi connectivity index (χ1) is 13.8. The van der Waals surface area contributed by atoms with Crippen LogP contribution >= 0.6 is 0 Å². The van der Waals surface area contributed by atoms with Crippen LogP contribution in [-0.4, -0.2) is 47.7 Å². The molecule has 0 aromatic carbocycles. The highest BCUT2D eigenvalue weighted by molar-refractivity contribution is 5.99. The van der Waals surface area contributed by atoms with Crippen molar-refractivity contribution in [2.45, 2.75) is 37.8 Å². The fourth-order valence-electron chi connectivity index (χ4n) is 4.22. The summed E-state index contributed by atoms with van der Waals surface area (Å²) in [5.74, 6) is 2.87. The number of anilines is 2. The molecule has 3 aliphatic heterocycles. The number of piperidine rings is 2. The average Bonchev–Trinajstić information content (AvgIpc) is 3.19. The zero-order valence-corrected chi connectivity index (χ0v) is 16.0. The molecule has 2 fully saturated rings. The molecule has 0 bridgehead atoms. The maximum atomic E-state index is 5.98. The number of pyridine rings is 2. The number of hydroxylamine groups is 1. The molecule has 7 nitrogen and oxygen atoms in total. The Bertz CT molecular complexity index is 841. The van der Waals surface area contributed by atoms with Crippen LogP contribution in [0.25, 0.3) is 0 Å². The number of nitrogens with one attached hydrogen (secondary N) is 1. The van der Waals surface area contributed by atoms with Crippen molar-refractivity contribution >= 4 is 17.5 Å². The molecule has 3 aliphatic rings. The van der Waals surface area contributed by atoms with Crippen molar-refractivity contribution in [1.82, 2.24) is 15.4 Å². The summed E-state index contributed by atoms with van der Waals surface area (Å²) in [5, 5.41) is 0. The van der Waals surface area contributed by atoms with Gasteiger partial charge in [-0.25, -0.2) is 25.3 Å². The third kappa shape index (κ3) is 3.42. The van der Waals surface area contributed by atoms with Gasteiger partial charge < -0.3 is 9.80 Å². The highest BCUT2D eigenvalue weighted by Crippen LogP contribution is 2.32. The second-order valence-electron chi connectivity index (χ2n) is 7.74. The minimum absolute atomic E-state index is 0.477. The summed E-state index contributed by atoms with van der Waals surface area (Å²) >= 11 is 0. The second kappa shape index (κ2) is 7.39. The van der Waals surface area contributed by atoms with Crippen molar-refractivity contribution in [3.63, 3.8) is 0 Å². The van der Waals surface area contributed by atoms with Crippen molar-refractivity contribution in [3.05, 3.63) is 48.3 Å². The zero-order chi connectivity index (χ0) is 18.8. The predicted octanol–water partition coefficient (Wildman–Crippen LogP) is 2.75. The molecule has 0 atom stereocenters. The van der Waals surface area contributed by atoms with Gasteiger partial charge in [0.2, 0.25) is 0 Å². The van der Waals surface area contributed by atoms with Crippen molar-refractivity contribution < 1.29 is 4.84 Å². The van der Waals surface area contributed by atoms with Crippen molar-refractivity contribution in [1.29, 1.82) is 0 Å². The van der Waals surface area contributed by atoms with E-state index < -0.39 is 5.72 Å². The van der Waals surface area contributed by atoms with Crippen LogP contribution in [0.15, 0.2) is 47.7 Å². The molecule has 1 spiro atoms. The molecule has 5 heterocycles. The highest BCUT2D eigenvalue weighted by Gasteiger charge is 2.40. The number of hydrogen-bond acceptors (Lipinski definition) is 7. The summed E-state index contributed by atoms with van der Waals surface area (Å²) in [6, 6.07) is 10.2. The smallest absolute Gasteiger partial charge is 0.190 e. The first-order valence-electron chi connectivity index (χ1n) is 10.2. The first-order valence-corrected chi connectivity index (χ1v) is 10.2. The molecule has 0 radical (unpaired) electrons. The van der Waals surface area contributed by atoms with E-state index in [0.717, 1.165) is 62.1 Å². The molecular weight excluding hydrogens is 352 g/mol.